The van der Waals surface area contributed by atoms with Gasteiger partial charge in [-0.2, -0.15) is 0 Å². The zero-order chi connectivity index (χ0) is 11.1. The zero-order valence-corrected chi connectivity index (χ0v) is 11.5. The highest BCUT2D eigenvalue weighted by molar-refractivity contribution is 9.11. The normalized spacial score (nSPS) is 34.5. The molecule has 1 aromatic heterocycles. The van der Waals surface area contributed by atoms with Gasteiger partial charge in [0.2, 0.25) is 0 Å². The average molecular weight is 302 g/mol. The van der Waals surface area contributed by atoms with Gasteiger partial charge < -0.3 is 5.11 Å². The van der Waals surface area contributed by atoms with Crippen LogP contribution in [0.1, 0.15) is 17.7 Å². The van der Waals surface area contributed by atoms with Crippen LogP contribution in [0.2, 0.25) is 0 Å². The smallest absolute Gasteiger partial charge is 0.0701 e. The summed E-state index contributed by atoms with van der Waals surface area (Å²) in [4.78, 5) is 3.91. The van der Waals surface area contributed by atoms with E-state index in [4.69, 9.17) is 0 Å². The molecular formula is C12H16BrNOS. The molecule has 4 heteroatoms. The molecule has 0 aromatic carbocycles. The summed E-state index contributed by atoms with van der Waals surface area (Å²) in [6, 6.07) is 4.31. The lowest BCUT2D eigenvalue weighted by Crippen LogP contribution is -2.24. The number of hydrogen-bond donors (Lipinski definition) is 1. The summed E-state index contributed by atoms with van der Waals surface area (Å²) >= 11 is 5.32. The van der Waals surface area contributed by atoms with Gasteiger partial charge in [0.15, 0.2) is 0 Å². The van der Waals surface area contributed by atoms with Crippen LogP contribution in [-0.4, -0.2) is 29.2 Å². The summed E-state index contributed by atoms with van der Waals surface area (Å²) in [5.74, 6) is 1.29. The number of likely N-dealkylation sites (tertiary alicyclic amines) is 1. The minimum absolute atomic E-state index is 0.0370. The number of aliphatic hydroxyl groups is 1. The fraction of sp³-hybridized carbons (Fsp3) is 0.667. The zero-order valence-electron chi connectivity index (χ0n) is 9.10. The molecule has 1 aliphatic carbocycles. The molecule has 1 aliphatic heterocycles. The van der Waals surface area contributed by atoms with E-state index in [0.717, 1.165) is 25.4 Å². The Bertz CT molecular complexity index is 381. The molecule has 1 saturated carbocycles. The number of hydrogen-bond acceptors (Lipinski definition) is 3. The van der Waals surface area contributed by atoms with Gasteiger partial charge in [0.1, 0.15) is 0 Å². The molecule has 2 fully saturated rings. The van der Waals surface area contributed by atoms with Crippen LogP contribution in [0.3, 0.4) is 0 Å². The van der Waals surface area contributed by atoms with Crippen LogP contribution in [0, 0.1) is 11.8 Å². The Morgan fingerprint density at radius 1 is 1.38 bits per heavy atom. The number of thiophene rings is 1. The first kappa shape index (κ1) is 11.2. The van der Waals surface area contributed by atoms with E-state index in [1.54, 1.807) is 0 Å². The van der Waals surface area contributed by atoms with E-state index in [0.29, 0.717) is 5.92 Å². The van der Waals surface area contributed by atoms with Crippen molar-refractivity contribution in [3.8, 4) is 0 Å². The Hall–Kier alpha value is 0.1000. The molecule has 2 heterocycles. The Kier molecular flexibility index (Phi) is 3.09. The van der Waals surface area contributed by atoms with Crippen molar-refractivity contribution in [1.29, 1.82) is 0 Å². The van der Waals surface area contributed by atoms with E-state index in [1.807, 2.05) is 11.3 Å². The molecule has 3 atom stereocenters. The first-order chi connectivity index (χ1) is 7.72. The summed E-state index contributed by atoms with van der Waals surface area (Å²) in [5, 5.41) is 9.86. The third-order valence-electron chi connectivity index (χ3n) is 3.90. The quantitative estimate of drug-likeness (QED) is 0.908. The van der Waals surface area contributed by atoms with Crippen LogP contribution in [-0.2, 0) is 6.54 Å². The van der Waals surface area contributed by atoms with Gasteiger partial charge in [-0.1, -0.05) is 0 Å². The molecule has 3 unspecified atom stereocenters. The van der Waals surface area contributed by atoms with E-state index in [2.05, 4.69) is 33.0 Å². The van der Waals surface area contributed by atoms with Crippen LogP contribution < -0.4 is 0 Å². The molecule has 1 N–H and O–H groups in total. The second-order valence-corrected chi connectivity index (χ2v) is 7.52. The van der Waals surface area contributed by atoms with Gasteiger partial charge in [0.05, 0.1) is 9.89 Å². The minimum atomic E-state index is -0.0370. The van der Waals surface area contributed by atoms with Gasteiger partial charge in [0.25, 0.3) is 0 Å². The maximum absolute atomic E-state index is 9.86. The Labute approximate surface area is 108 Å². The van der Waals surface area contributed by atoms with Crippen molar-refractivity contribution in [3.05, 3.63) is 20.8 Å². The van der Waals surface area contributed by atoms with Crippen molar-refractivity contribution in [3.63, 3.8) is 0 Å². The van der Waals surface area contributed by atoms with Crippen LogP contribution >= 0.6 is 27.3 Å². The lowest BCUT2D eigenvalue weighted by molar-refractivity contribution is 0.123. The maximum atomic E-state index is 9.86. The number of nitrogens with zero attached hydrogens (tertiary/aromatic N) is 1. The molecule has 0 spiro atoms. The topological polar surface area (TPSA) is 23.5 Å². The third-order valence-corrected chi connectivity index (χ3v) is 5.51. The highest BCUT2D eigenvalue weighted by Gasteiger charge is 2.41. The number of rotatable bonds is 2. The standard InChI is InChI=1S/C12H16BrNOS/c13-12-4-2-9(16-12)6-14-5-8-1-3-11(15)10(8)7-14/h2,4,8,10-11,15H,1,3,5-7H2. The average Bonchev–Trinajstić information content (AvgIpc) is 2.88. The fourth-order valence-electron chi connectivity index (χ4n) is 3.12. The summed E-state index contributed by atoms with van der Waals surface area (Å²) in [5.41, 5.74) is 0. The van der Waals surface area contributed by atoms with Gasteiger partial charge in [-0.25, -0.2) is 0 Å². The van der Waals surface area contributed by atoms with Crippen LogP contribution in [0.25, 0.3) is 0 Å². The fourth-order valence-corrected chi connectivity index (χ4v) is 4.64. The van der Waals surface area contributed by atoms with E-state index in [9.17, 15) is 5.11 Å². The Morgan fingerprint density at radius 3 is 2.94 bits per heavy atom. The molecule has 0 radical (unpaired) electrons. The molecule has 1 saturated heterocycles. The first-order valence-electron chi connectivity index (χ1n) is 5.87. The van der Waals surface area contributed by atoms with Crippen molar-refractivity contribution in [2.24, 2.45) is 11.8 Å². The number of fused-ring (bicyclic) bond motifs is 1. The lowest BCUT2D eigenvalue weighted by Gasteiger charge is -2.16. The van der Waals surface area contributed by atoms with Gasteiger partial charge in [0, 0.05) is 30.4 Å². The van der Waals surface area contributed by atoms with Crippen LogP contribution in [0.15, 0.2) is 15.9 Å². The maximum Gasteiger partial charge on any atom is 0.0701 e. The number of halogens is 1. The molecule has 2 nitrogen and oxygen atoms in total. The van der Waals surface area contributed by atoms with Crippen molar-refractivity contribution in [2.75, 3.05) is 13.1 Å². The van der Waals surface area contributed by atoms with Gasteiger partial charge in [-0.3, -0.25) is 4.90 Å². The molecule has 0 bridgehead atoms. The molecule has 16 heavy (non-hydrogen) atoms. The highest BCUT2D eigenvalue weighted by atomic mass is 79.9. The van der Waals surface area contributed by atoms with Crippen molar-refractivity contribution < 1.29 is 5.11 Å². The molecule has 0 amide bonds. The van der Waals surface area contributed by atoms with E-state index >= 15 is 0 Å². The molecule has 88 valence electrons. The summed E-state index contributed by atoms with van der Waals surface area (Å²) in [7, 11) is 0. The largest absolute Gasteiger partial charge is 0.393 e. The molecule has 1 aromatic rings. The van der Waals surface area contributed by atoms with Gasteiger partial charge in [-0.15, -0.1) is 11.3 Å². The van der Waals surface area contributed by atoms with E-state index < -0.39 is 0 Å². The van der Waals surface area contributed by atoms with Crippen molar-refractivity contribution in [2.45, 2.75) is 25.5 Å². The Morgan fingerprint density at radius 2 is 2.25 bits per heavy atom. The van der Waals surface area contributed by atoms with Crippen molar-refractivity contribution in [1.82, 2.24) is 4.90 Å². The van der Waals surface area contributed by atoms with E-state index in [-0.39, 0.29) is 6.10 Å². The van der Waals surface area contributed by atoms with Gasteiger partial charge in [-0.05, 0) is 46.8 Å². The molecule has 2 aliphatic rings. The predicted octanol–water partition coefficient (Wildman–Crippen LogP) is 2.71. The second-order valence-electron chi connectivity index (χ2n) is 4.97. The SMILES string of the molecule is OC1CCC2CN(Cc3ccc(Br)s3)CC12. The van der Waals surface area contributed by atoms with Crippen molar-refractivity contribution >= 4 is 27.3 Å². The van der Waals surface area contributed by atoms with E-state index in [1.165, 1.54) is 21.6 Å². The lowest BCUT2D eigenvalue weighted by atomic mass is 10.00. The minimum Gasteiger partial charge on any atom is -0.393 e. The Balaban J connectivity index is 1.62. The molecule has 3 rings (SSSR count). The van der Waals surface area contributed by atoms with Crippen LogP contribution in [0.5, 0.6) is 0 Å². The number of aliphatic hydroxyl groups excluding tert-OH is 1. The summed E-state index contributed by atoms with van der Waals surface area (Å²) in [6.07, 6.45) is 2.20. The molecular weight excluding hydrogens is 286 g/mol. The monoisotopic (exact) mass is 301 g/mol. The highest BCUT2D eigenvalue weighted by Crippen LogP contribution is 2.39. The first-order valence-corrected chi connectivity index (χ1v) is 7.48. The summed E-state index contributed by atoms with van der Waals surface area (Å²) < 4.78 is 1.21. The predicted molar refractivity (Wildman–Crippen MR) is 69.5 cm³/mol. The summed E-state index contributed by atoms with van der Waals surface area (Å²) in [6.45, 7) is 3.31. The third kappa shape index (κ3) is 2.08. The second kappa shape index (κ2) is 4.41. The van der Waals surface area contributed by atoms with Crippen LogP contribution in [0.4, 0.5) is 0 Å². The van der Waals surface area contributed by atoms with Gasteiger partial charge >= 0.3 is 0 Å².